The molecule has 1 aliphatic rings. The highest BCUT2D eigenvalue weighted by atomic mass is 16.5. The third kappa shape index (κ3) is 4.60. The summed E-state index contributed by atoms with van der Waals surface area (Å²) < 4.78 is 5.61. The first-order valence-corrected chi connectivity index (χ1v) is 8.78. The van der Waals surface area contributed by atoms with Crippen LogP contribution in [0.25, 0.3) is 0 Å². The highest BCUT2D eigenvalue weighted by Crippen LogP contribution is 2.32. The van der Waals surface area contributed by atoms with E-state index in [1.165, 1.54) is 4.90 Å². The smallest absolute Gasteiger partial charge is 0.251 e. The lowest BCUT2D eigenvalue weighted by Crippen LogP contribution is -2.56. The zero-order valence-corrected chi connectivity index (χ0v) is 15.8. The summed E-state index contributed by atoms with van der Waals surface area (Å²) in [6, 6.07) is 8.84. The van der Waals surface area contributed by atoms with E-state index in [0.717, 1.165) is 5.56 Å². The first kappa shape index (κ1) is 19.9. The third-order valence-electron chi connectivity index (χ3n) is 4.35. The Morgan fingerprint density at radius 3 is 2.50 bits per heavy atom. The lowest BCUT2D eigenvalue weighted by atomic mass is 9.96. The van der Waals surface area contributed by atoms with Crippen LogP contribution < -0.4 is 5.32 Å². The Morgan fingerprint density at radius 2 is 1.92 bits per heavy atom. The number of nitrogens with zero attached hydrogens (tertiary/aromatic N) is 2. The summed E-state index contributed by atoms with van der Waals surface area (Å²) in [5.74, 6) is -0.516. The molecule has 1 aromatic rings. The Hall–Kier alpha value is -2.41. The SMILES string of the molecule is CC(C)N1C(=O)COC(C(=O)NCCC(=O)N(C)C)C1c1ccccc1. The second kappa shape index (κ2) is 8.80. The standard InChI is InChI=1S/C19H27N3O4/c1-13(2)22-16(24)12-26-18(17(22)14-8-6-5-7-9-14)19(25)20-11-10-15(23)21(3)4/h5-9,13,17-18H,10-12H2,1-4H3,(H,20,25). The number of hydrogen-bond acceptors (Lipinski definition) is 4. The second-order valence-corrected chi connectivity index (χ2v) is 6.81. The molecule has 1 N–H and O–H groups in total. The highest BCUT2D eigenvalue weighted by molar-refractivity contribution is 5.87. The van der Waals surface area contributed by atoms with E-state index in [9.17, 15) is 14.4 Å². The molecule has 0 bridgehead atoms. The van der Waals surface area contributed by atoms with Crippen LogP contribution in [0.2, 0.25) is 0 Å². The molecule has 0 saturated carbocycles. The summed E-state index contributed by atoms with van der Waals surface area (Å²) in [6.45, 7) is 3.94. The predicted molar refractivity (Wildman–Crippen MR) is 97.2 cm³/mol. The van der Waals surface area contributed by atoms with Crippen molar-refractivity contribution in [1.29, 1.82) is 0 Å². The first-order valence-electron chi connectivity index (χ1n) is 8.78. The van der Waals surface area contributed by atoms with E-state index in [2.05, 4.69) is 5.32 Å². The number of rotatable bonds is 6. The van der Waals surface area contributed by atoms with Crippen molar-refractivity contribution in [3.8, 4) is 0 Å². The van der Waals surface area contributed by atoms with E-state index >= 15 is 0 Å². The predicted octanol–water partition coefficient (Wildman–Crippen LogP) is 0.958. The Kier molecular flexibility index (Phi) is 6.74. The normalized spacial score (nSPS) is 20.2. The molecular formula is C19H27N3O4. The Bertz CT molecular complexity index is 645. The number of hydrogen-bond donors (Lipinski definition) is 1. The molecule has 0 aromatic heterocycles. The van der Waals surface area contributed by atoms with E-state index in [0.29, 0.717) is 0 Å². The minimum Gasteiger partial charge on any atom is -0.356 e. The quantitative estimate of drug-likeness (QED) is 0.818. The van der Waals surface area contributed by atoms with Crippen LogP contribution in [0.5, 0.6) is 0 Å². The van der Waals surface area contributed by atoms with Crippen LogP contribution in [-0.4, -0.2) is 66.9 Å². The maximum Gasteiger partial charge on any atom is 0.251 e. The fraction of sp³-hybridized carbons (Fsp3) is 0.526. The molecule has 1 heterocycles. The Labute approximate surface area is 154 Å². The average Bonchev–Trinajstić information content (AvgIpc) is 2.61. The molecule has 2 rings (SSSR count). The van der Waals surface area contributed by atoms with E-state index in [4.69, 9.17) is 4.74 Å². The van der Waals surface area contributed by atoms with Gasteiger partial charge in [-0.05, 0) is 19.4 Å². The summed E-state index contributed by atoms with van der Waals surface area (Å²) in [5, 5.41) is 2.76. The fourth-order valence-electron chi connectivity index (χ4n) is 3.06. The van der Waals surface area contributed by atoms with Gasteiger partial charge in [0, 0.05) is 33.1 Å². The summed E-state index contributed by atoms with van der Waals surface area (Å²) in [7, 11) is 3.35. The molecule has 7 heteroatoms. The third-order valence-corrected chi connectivity index (χ3v) is 4.35. The van der Waals surface area contributed by atoms with Crippen LogP contribution >= 0.6 is 0 Å². The number of morpholine rings is 1. The Morgan fingerprint density at radius 1 is 1.27 bits per heavy atom. The molecule has 1 fully saturated rings. The molecule has 0 aliphatic carbocycles. The number of ether oxygens (including phenoxy) is 1. The van der Waals surface area contributed by atoms with Crippen LogP contribution in [0.4, 0.5) is 0 Å². The monoisotopic (exact) mass is 361 g/mol. The minimum absolute atomic E-state index is 0.0616. The van der Waals surface area contributed by atoms with Gasteiger partial charge in [-0.15, -0.1) is 0 Å². The van der Waals surface area contributed by atoms with Crippen molar-refractivity contribution in [2.24, 2.45) is 0 Å². The topological polar surface area (TPSA) is 79.0 Å². The fourth-order valence-corrected chi connectivity index (χ4v) is 3.06. The number of carbonyl (C=O) groups is 3. The molecule has 3 amide bonds. The van der Waals surface area contributed by atoms with Crippen molar-refractivity contribution in [1.82, 2.24) is 15.1 Å². The molecule has 2 atom stereocenters. The average molecular weight is 361 g/mol. The molecule has 1 saturated heterocycles. The number of carbonyl (C=O) groups excluding carboxylic acids is 3. The van der Waals surface area contributed by atoms with Gasteiger partial charge in [-0.2, -0.15) is 0 Å². The maximum absolute atomic E-state index is 12.7. The summed E-state index contributed by atoms with van der Waals surface area (Å²) >= 11 is 0. The van der Waals surface area contributed by atoms with E-state index in [1.54, 1.807) is 19.0 Å². The van der Waals surface area contributed by atoms with Crippen LogP contribution in [-0.2, 0) is 19.1 Å². The molecule has 2 unspecified atom stereocenters. The largest absolute Gasteiger partial charge is 0.356 e. The lowest BCUT2D eigenvalue weighted by molar-refractivity contribution is -0.167. The number of benzene rings is 1. The lowest BCUT2D eigenvalue weighted by Gasteiger charge is -2.42. The van der Waals surface area contributed by atoms with Gasteiger partial charge < -0.3 is 19.9 Å². The highest BCUT2D eigenvalue weighted by Gasteiger charge is 2.42. The summed E-state index contributed by atoms with van der Waals surface area (Å²) in [6.07, 6.45) is -0.596. The van der Waals surface area contributed by atoms with Gasteiger partial charge in [-0.3, -0.25) is 14.4 Å². The van der Waals surface area contributed by atoms with E-state index in [-0.39, 0.29) is 43.3 Å². The van der Waals surface area contributed by atoms with Gasteiger partial charge in [0.25, 0.3) is 5.91 Å². The molecule has 1 aromatic carbocycles. The van der Waals surface area contributed by atoms with Crippen LogP contribution in [0.15, 0.2) is 30.3 Å². The van der Waals surface area contributed by atoms with Gasteiger partial charge in [-0.25, -0.2) is 0 Å². The molecule has 0 radical (unpaired) electrons. The minimum atomic E-state index is -0.813. The molecule has 7 nitrogen and oxygen atoms in total. The van der Waals surface area contributed by atoms with Crippen molar-refractivity contribution in [3.05, 3.63) is 35.9 Å². The van der Waals surface area contributed by atoms with Crippen molar-refractivity contribution < 1.29 is 19.1 Å². The van der Waals surface area contributed by atoms with Crippen molar-refractivity contribution >= 4 is 17.7 Å². The molecule has 0 spiro atoms. The zero-order valence-electron chi connectivity index (χ0n) is 15.8. The van der Waals surface area contributed by atoms with Crippen LogP contribution in [0, 0.1) is 0 Å². The molecular weight excluding hydrogens is 334 g/mol. The molecule has 142 valence electrons. The van der Waals surface area contributed by atoms with E-state index < -0.39 is 12.1 Å². The van der Waals surface area contributed by atoms with Gasteiger partial charge in [0.05, 0.1) is 6.04 Å². The first-order chi connectivity index (χ1) is 12.3. The molecule has 1 aliphatic heterocycles. The molecule has 26 heavy (non-hydrogen) atoms. The summed E-state index contributed by atoms with van der Waals surface area (Å²) in [5.41, 5.74) is 0.846. The summed E-state index contributed by atoms with van der Waals surface area (Å²) in [4.78, 5) is 39.9. The van der Waals surface area contributed by atoms with Crippen LogP contribution in [0.3, 0.4) is 0 Å². The van der Waals surface area contributed by atoms with Gasteiger partial charge in [0.1, 0.15) is 6.61 Å². The van der Waals surface area contributed by atoms with Crippen molar-refractivity contribution in [2.75, 3.05) is 27.2 Å². The van der Waals surface area contributed by atoms with Crippen molar-refractivity contribution in [2.45, 2.75) is 38.5 Å². The van der Waals surface area contributed by atoms with Gasteiger partial charge in [0.15, 0.2) is 6.10 Å². The maximum atomic E-state index is 12.7. The number of nitrogens with one attached hydrogen (secondary N) is 1. The number of amides is 3. The van der Waals surface area contributed by atoms with Crippen LogP contribution in [0.1, 0.15) is 31.9 Å². The van der Waals surface area contributed by atoms with Gasteiger partial charge in [-0.1, -0.05) is 30.3 Å². The van der Waals surface area contributed by atoms with Gasteiger partial charge in [0.2, 0.25) is 11.8 Å². The Balaban J connectivity index is 2.17. The second-order valence-electron chi connectivity index (χ2n) is 6.81. The van der Waals surface area contributed by atoms with E-state index in [1.807, 2.05) is 44.2 Å². The van der Waals surface area contributed by atoms with Gasteiger partial charge >= 0.3 is 0 Å². The zero-order chi connectivity index (χ0) is 19.3. The van der Waals surface area contributed by atoms with Crippen molar-refractivity contribution in [3.63, 3.8) is 0 Å².